The van der Waals surface area contributed by atoms with Crippen LogP contribution in [0.3, 0.4) is 0 Å². The van der Waals surface area contributed by atoms with E-state index in [9.17, 15) is 22.8 Å². The number of ether oxygens (including phenoxy) is 1. The Morgan fingerprint density at radius 2 is 1.97 bits per heavy atom. The van der Waals surface area contributed by atoms with Gasteiger partial charge in [-0.05, 0) is 45.3 Å². The van der Waals surface area contributed by atoms with E-state index in [-0.39, 0.29) is 41.0 Å². The number of likely N-dealkylation sites (N-methyl/N-ethyl adjacent to an activating group) is 1. The minimum absolute atomic E-state index is 0.0553. The number of methoxy groups -OCH3 is 1. The molecule has 0 spiro atoms. The first-order chi connectivity index (χ1) is 17.3. The summed E-state index contributed by atoms with van der Waals surface area (Å²) in [7, 11) is 4.93. The minimum Gasteiger partial charge on any atom is -0.480 e. The average Bonchev–Trinajstić information content (AvgIpc) is 2.81. The molecule has 0 unspecified atom stereocenters. The van der Waals surface area contributed by atoms with Crippen molar-refractivity contribution in [1.29, 1.82) is 0 Å². The summed E-state index contributed by atoms with van der Waals surface area (Å²) in [5.74, 6) is 3.92. The molecule has 5 N–H and O–H groups in total. The van der Waals surface area contributed by atoms with E-state index in [1.165, 1.54) is 20.1 Å². The van der Waals surface area contributed by atoms with Crippen molar-refractivity contribution in [1.82, 2.24) is 20.2 Å². The molecule has 1 heterocycles. The van der Waals surface area contributed by atoms with Crippen molar-refractivity contribution < 1.29 is 27.5 Å². The van der Waals surface area contributed by atoms with Crippen LogP contribution in [0, 0.1) is 11.8 Å². The highest BCUT2D eigenvalue weighted by Crippen LogP contribution is 2.32. The standard InChI is InChI=1S/C24H28F3N7O3/c1-6-7-8-18-19(32-23(28)33-22(18)37-5)30-14(2)20(35)31-17-12-15(11-16(13-17)24(25,26)27)21(36)29-9-10-34(3)4/h6,11-14H,1,9-10H2,2-5H3,(H,29,36)(H,31,35)(H3,28,30,32,33)/t14-/m0/s1. The summed E-state index contributed by atoms with van der Waals surface area (Å²) < 4.78 is 45.6. The summed E-state index contributed by atoms with van der Waals surface area (Å²) >= 11 is 0. The maximum atomic E-state index is 13.5. The second-order valence-corrected chi connectivity index (χ2v) is 8.00. The Morgan fingerprint density at radius 1 is 1.27 bits per heavy atom. The molecule has 37 heavy (non-hydrogen) atoms. The third-order valence-corrected chi connectivity index (χ3v) is 4.77. The fourth-order valence-corrected chi connectivity index (χ4v) is 2.96. The SMILES string of the molecule is C=CC#Cc1c(N[C@@H](C)C(=O)Nc2cc(C(=O)NCCN(C)C)cc(C(F)(F)F)c2)nc(N)nc1OC. The Balaban J connectivity index is 2.31. The van der Waals surface area contributed by atoms with Gasteiger partial charge in [-0.15, -0.1) is 0 Å². The summed E-state index contributed by atoms with van der Waals surface area (Å²) in [5, 5.41) is 7.76. The maximum Gasteiger partial charge on any atom is 0.416 e. The average molecular weight is 520 g/mol. The molecule has 1 atom stereocenters. The number of carbonyl (C=O) groups is 2. The van der Waals surface area contributed by atoms with Gasteiger partial charge in [0.05, 0.1) is 12.7 Å². The molecular formula is C24H28F3N7O3. The van der Waals surface area contributed by atoms with Crippen LogP contribution < -0.4 is 26.4 Å². The van der Waals surface area contributed by atoms with Gasteiger partial charge in [-0.25, -0.2) is 0 Å². The third-order valence-electron chi connectivity index (χ3n) is 4.77. The van der Waals surface area contributed by atoms with Crippen molar-refractivity contribution >= 4 is 29.3 Å². The van der Waals surface area contributed by atoms with Crippen LogP contribution in [0.15, 0.2) is 30.9 Å². The highest BCUT2D eigenvalue weighted by Gasteiger charge is 2.32. The van der Waals surface area contributed by atoms with Crippen LogP contribution in [0.2, 0.25) is 0 Å². The van der Waals surface area contributed by atoms with E-state index >= 15 is 0 Å². The predicted octanol–water partition coefficient (Wildman–Crippen LogP) is 2.35. The molecule has 2 aromatic rings. The summed E-state index contributed by atoms with van der Waals surface area (Å²) in [6.45, 7) is 5.68. The molecule has 0 fully saturated rings. The van der Waals surface area contributed by atoms with Gasteiger partial charge in [-0.3, -0.25) is 9.59 Å². The molecule has 198 valence electrons. The number of aromatic nitrogens is 2. The highest BCUT2D eigenvalue weighted by atomic mass is 19.4. The normalized spacial score (nSPS) is 11.7. The maximum absolute atomic E-state index is 13.5. The number of hydrogen-bond donors (Lipinski definition) is 4. The minimum atomic E-state index is -4.74. The Labute approximate surface area is 212 Å². The van der Waals surface area contributed by atoms with Crippen molar-refractivity contribution in [2.45, 2.75) is 19.1 Å². The largest absolute Gasteiger partial charge is 0.480 e. The van der Waals surface area contributed by atoms with E-state index in [2.05, 4.69) is 44.3 Å². The topological polar surface area (TPSA) is 134 Å². The molecule has 0 aliphatic rings. The highest BCUT2D eigenvalue weighted by molar-refractivity contribution is 5.99. The first-order valence-corrected chi connectivity index (χ1v) is 10.9. The molecule has 10 nitrogen and oxygen atoms in total. The number of halogens is 3. The third kappa shape index (κ3) is 8.39. The van der Waals surface area contributed by atoms with Crippen LogP contribution >= 0.6 is 0 Å². The molecule has 0 aliphatic heterocycles. The van der Waals surface area contributed by atoms with Crippen LogP contribution in [0.1, 0.15) is 28.4 Å². The lowest BCUT2D eigenvalue weighted by Gasteiger charge is -2.18. The summed E-state index contributed by atoms with van der Waals surface area (Å²) in [6, 6.07) is 1.61. The van der Waals surface area contributed by atoms with Crippen molar-refractivity contribution in [3.8, 4) is 17.7 Å². The van der Waals surface area contributed by atoms with E-state index in [1.807, 2.05) is 4.90 Å². The van der Waals surface area contributed by atoms with Crippen molar-refractivity contribution in [2.24, 2.45) is 0 Å². The number of hydrogen-bond acceptors (Lipinski definition) is 8. The molecule has 2 amide bonds. The van der Waals surface area contributed by atoms with Crippen LogP contribution in [-0.4, -0.2) is 67.0 Å². The van der Waals surface area contributed by atoms with Gasteiger partial charge in [0, 0.05) is 24.3 Å². The Bertz CT molecular complexity index is 1220. The zero-order valence-corrected chi connectivity index (χ0v) is 20.8. The van der Waals surface area contributed by atoms with Crippen LogP contribution in [0.5, 0.6) is 5.88 Å². The van der Waals surface area contributed by atoms with E-state index in [4.69, 9.17) is 10.5 Å². The van der Waals surface area contributed by atoms with Gasteiger partial charge in [-0.1, -0.05) is 18.4 Å². The van der Waals surface area contributed by atoms with Gasteiger partial charge in [0.1, 0.15) is 11.6 Å². The number of rotatable bonds is 9. The number of anilines is 3. The molecule has 0 saturated heterocycles. The number of benzene rings is 1. The number of allylic oxidation sites excluding steroid dienone is 1. The smallest absolute Gasteiger partial charge is 0.416 e. The number of nitrogen functional groups attached to an aromatic ring is 1. The molecule has 2 rings (SSSR count). The lowest BCUT2D eigenvalue weighted by atomic mass is 10.1. The number of nitrogens with two attached hydrogens (primary N) is 1. The molecule has 0 aliphatic carbocycles. The second kappa shape index (κ2) is 12.6. The number of carbonyl (C=O) groups excluding carboxylic acids is 2. The number of amides is 2. The predicted molar refractivity (Wildman–Crippen MR) is 134 cm³/mol. The molecule has 1 aromatic heterocycles. The Kier molecular flexibility index (Phi) is 9.84. The summed E-state index contributed by atoms with van der Waals surface area (Å²) in [5.41, 5.74) is 4.36. The zero-order valence-electron chi connectivity index (χ0n) is 20.8. The van der Waals surface area contributed by atoms with Gasteiger partial charge in [0.15, 0.2) is 5.82 Å². The van der Waals surface area contributed by atoms with Crippen LogP contribution in [0.4, 0.5) is 30.6 Å². The monoisotopic (exact) mass is 519 g/mol. The number of alkyl halides is 3. The fourth-order valence-electron chi connectivity index (χ4n) is 2.96. The number of nitrogens with one attached hydrogen (secondary N) is 3. The van der Waals surface area contributed by atoms with Crippen LogP contribution in [-0.2, 0) is 11.0 Å². The first kappa shape index (κ1) is 28.9. The van der Waals surface area contributed by atoms with E-state index in [0.29, 0.717) is 6.54 Å². The molecule has 0 radical (unpaired) electrons. The Morgan fingerprint density at radius 3 is 2.57 bits per heavy atom. The number of nitrogens with zero attached hydrogens (tertiary/aromatic N) is 3. The molecule has 13 heteroatoms. The molecular weight excluding hydrogens is 491 g/mol. The van der Waals surface area contributed by atoms with Crippen molar-refractivity contribution in [3.63, 3.8) is 0 Å². The van der Waals surface area contributed by atoms with Crippen molar-refractivity contribution in [3.05, 3.63) is 47.5 Å². The van der Waals surface area contributed by atoms with Gasteiger partial charge in [0.25, 0.3) is 5.91 Å². The lowest BCUT2D eigenvalue weighted by Crippen LogP contribution is -2.33. The summed E-state index contributed by atoms with van der Waals surface area (Å²) in [6.07, 6.45) is -3.41. The van der Waals surface area contributed by atoms with E-state index in [0.717, 1.165) is 18.2 Å². The molecule has 0 bridgehead atoms. The van der Waals surface area contributed by atoms with E-state index < -0.39 is 29.6 Å². The fraction of sp³-hybridized carbons (Fsp3) is 0.333. The molecule has 1 aromatic carbocycles. The van der Waals surface area contributed by atoms with Gasteiger partial charge >= 0.3 is 6.18 Å². The zero-order chi connectivity index (χ0) is 27.8. The van der Waals surface area contributed by atoms with Crippen LogP contribution in [0.25, 0.3) is 0 Å². The van der Waals surface area contributed by atoms with Gasteiger partial charge in [-0.2, -0.15) is 23.1 Å². The van der Waals surface area contributed by atoms with E-state index in [1.54, 1.807) is 14.1 Å². The second-order valence-electron chi connectivity index (χ2n) is 8.00. The van der Waals surface area contributed by atoms with Gasteiger partial charge in [0.2, 0.25) is 17.7 Å². The Hall–Kier alpha value is -4.31. The van der Waals surface area contributed by atoms with Gasteiger partial charge < -0.3 is 31.3 Å². The molecule has 0 saturated carbocycles. The first-order valence-electron chi connectivity index (χ1n) is 10.9. The summed E-state index contributed by atoms with van der Waals surface area (Å²) in [4.78, 5) is 35.1. The van der Waals surface area contributed by atoms with Crippen molar-refractivity contribution in [2.75, 3.05) is 50.7 Å². The quantitative estimate of drug-likeness (QED) is 0.371. The lowest BCUT2D eigenvalue weighted by molar-refractivity contribution is -0.137.